The van der Waals surface area contributed by atoms with Gasteiger partial charge in [0.1, 0.15) is 0 Å². The first-order valence-corrected chi connectivity index (χ1v) is 7.19. The normalized spacial score (nSPS) is 29.6. The van der Waals surface area contributed by atoms with E-state index in [-0.39, 0.29) is 16.7 Å². The lowest BCUT2D eigenvalue weighted by molar-refractivity contribution is -0.385. The predicted octanol–water partition coefficient (Wildman–Crippen LogP) is 2.11. The van der Waals surface area contributed by atoms with Crippen LogP contribution in [0.3, 0.4) is 0 Å². The van der Waals surface area contributed by atoms with Crippen LogP contribution in [0.2, 0.25) is 0 Å². The molecule has 0 aromatic heterocycles. The van der Waals surface area contributed by atoms with Gasteiger partial charge in [0.05, 0.1) is 11.0 Å². The zero-order valence-corrected chi connectivity index (χ0v) is 11.7. The van der Waals surface area contributed by atoms with Gasteiger partial charge in [-0.25, -0.2) is 0 Å². The summed E-state index contributed by atoms with van der Waals surface area (Å²) in [4.78, 5) is 13.0. The van der Waals surface area contributed by atoms with Crippen LogP contribution in [-0.2, 0) is 6.54 Å². The standard InChI is InChI=1S/C15H20N2O3/c1-10-11(3-2-4-14(10)17(19)20)7-16-8-12-5-6-15(18)13(12)9-16/h2-4,12-13,15,18H,5-9H2,1H3. The molecule has 1 aliphatic heterocycles. The van der Waals surface area contributed by atoms with Gasteiger partial charge in [-0.3, -0.25) is 15.0 Å². The Hall–Kier alpha value is -1.46. The Labute approximate surface area is 118 Å². The van der Waals surface area contributed by atoms with E-state index < -0.39 is 0 Å². The molecule has 1 aromatic carbocycles. The van der Waals surface area contributed by atoms with E-state index in [0.29, 0.717) is 11.8 Å². The average Bonchev–Trinajstić information content (AvgIpc) is 2.94. The van der Waals surface area contributed by atoms with Gasteiger partial charge in [-0.2, -0.15) is 0 Å². The van der Waals surface area contributed by atoms with Crippen LogP contribution in [0.15, 0.2) is 18.2 Å². The van der Waals surface area contributed by atoms with Gasteiger partial charge in [0, 0.05) is 37.2 Å². The number of nitro benzene ring substituents is 1. The highest BCUT2D eigenvalue weighted by Crippen LogP contribution is 2.38. The fourth-order valence-corrected chi connectivity index (χ4v) is 3.74. The Bertz CT molecular complexity index is 532. The fraction of sp³-hybridized carbons (Fsp3) is 0.600. The zero-order valence-electron chi connectivity index (χ0n) is 11.7. The third kappa shape index (κ3) is 2.31. The van der Waals surface area contributed by atoms with Crippen LogP contribution < -0.4 is 0 Å². The Morgan fingerprint density at radius 2 is 2.20 bits per heavy atom. The molecule has 1 saturated carbocycles. The molecule has 5 nitrogen and oxygen atoms in total. The van der Waals surface area contributed by atoms with Gasteiger partial charge >= 0.3 is 0 Å². The summed E-state index contributed by atoms with van der Waals surface area (Å²) < 4.78 is 0. The van der Waals surface area contributed by atoms with Gasteiger partial charge in [-0.05, 0) is 31.2 Å². The van der Waals surface area contributed by atoms with E-state index in [1.165, 1.54) is 0 Å². The SMILES string of the molecule is Cc1c(CN2CC3CCC(O)C3C2)cccc1[N+](=O)[O-]. The summed E-state index contributed by atoms with van der Waals surface area (Å²) >= 11 is 0. The van der Waals surface area contributed by atoms with Crippen LogP contribution in [0.5, 0.6) is 0 Å². The maximum Gasteiger partial charge on any atom is 0.272 e. The molecule has 1 N–H and O–H groups in total. The van der Waals surface area contributed by atoms with Crippen molar-refractivity contribution in [1.29, 1.82) is 0 Å². The molecule has 1 aromatic rings. The molecular formula is C15H20N2O3. The van der Waals surface area contributed by atoms with Gasteiger partial charge < -0.3 is 5.11 Å². The van der Waals surface area contributed by atoms with Crippen molar-refractivity contribution >= 4 is 5.69 Å². The van der Waals surface area contributed by atoms with E-state index in [4.69, 9.17) is 0 Å². The predicted molar refractivity (Wildman–Crippen MR) is 75.3 cm³/mol. The van der Waals surface area contributed by atoms with Crippen molar-refractivity contribution in [2.24, 2.45) is 11.8 Å². The summed E-state index contributed by atoms with van der Waals surface area (Å²) in [6, 6.07) is 5.28. The third-order valence-corrected chi connectivity index (χ3v) is 4.90. The molecule has 3 unspecified atom stereocenters. The number of nitrogens with zero attached hydrogens (tertiary/aromatic N) is 2. The molecule has 2 aliphatic rings. The number of benzene rings is 1. The smallest absolute Gasteiger partial charge is 0.272 e. The summed E-state index contributed by atoms with van der Waals surface area (Å²) in [5, 5.41) is 20.9. The number of aliphatic hydroxyl groups excluding tert-OH is 1. The lowest BCUT2D eigenvalue weighted by Crippen LogP contribution is -2.24. The highest BCUT2D eigenvalue weighted by atomic mass is 16.6. The van der Waals surface area contributed by atoms with Crippen molar-refractivity contribution in [3.63, 3.8) is 0 Å². The minimum Gasteiger partial charge on any atom is -0.393 e. The summed E-state index contributed by atoms with van der Waals surface area (Å²) in [6.07, 6.45) is 1.88. The second-order valence-corrected chi connectivity index (χ2v) is 6.08. The fourth-order valence-electron chi connectivity index (χ4n) is 3.74. The van der Waals surface area contributed by atoms with E-state index in [0.717, 1.165) is 43.6 Å². The molecule has 1 aliphatic carbocycles. The first-order valence-electron chi connectivity index (χ1n) is 7.19. The first kappa shape index (κ1) is 13.5. The largest absolute Gasteiger partial charge is 0.393 e. The lowest BCUT2D eigenvalue weighted by Gasteiger charge is -2.19. The topological polar surface area (TPSA) is 66.6 Å². The number of hydrogen-bond donors (Lipinski definition) is 1. The van der Waals surface area contributed by atoms with Gasteiger partial charge in [0.15, 0.2) is 0 Å². The number of nitro groups is 1. The number of rotatable bonds is 3. The Morgan fingerprint density at radius 1 is 1.40 bits per heavy atom. The first-order chi connectivity index (χ1) is 9.56. The van der Waals surface area contributed by atoms with Crippen molar-refractivity contribution in [2.45, 2.75) is 32.4 Å². The lowest BCUT2D eigenvalue weighted by atomic mass is 10.00. The molecule has 1 saturated heterocycles. The van der Waals surface area contributed by atoms with Crippen LogP contribution in [0, 0.1) is 28.9 Å². The zero-order chi connectivity index (χ0) is 14.3. The van der Waals surface area contributed by atoms with Gasteiger partial charge in [0.2, 0.25) is 0 Å². The molecule has 3 rings (SSSR count). The molecule has 20 heavy (non-hydrogen) atoms. The quantitative estimate of drug-likeness (QED) is 0.678. The van der Waals surface area contributed by atoms with Gasteiger partial charge in [0.25, 0.3) is 5.69 Å². The van der Waals surface area contributed by atoms with Crippen LogP contribution in [0.25, 0.3) is 0 Å². The molecule has 2 fully saturated rings. The van der Waals surface area contributed by atoms with E-state index in [2.05, 4.69) is 4.90 Å². The van der Waals surface area contributed by atoms with Gasteiger partial charge in [-0.1, -0.05) is 12.1 Å². The molecule has 108 valence electrons. The minimum absolute atomic E-state index is 0.156. The van der Waals surface area contributed by atoms with Crippen LogP contribution in [-0.4, -0.2) is 34.1 Å². The Balaban J connectivity index is 1.73. The highest BCUT2D eigenvalue weighted by molar-refractivity contribution is 5.44. The van der Waals surface area contributed by atoms with Crippen molar-refractivity contribution < 1.29 is 10.0 Å². The summed E-state index contributed by atoms with van der Waals surface area (Å²) in [5.41, 5.74) is 1.98. The highest BCUT2D eigenvalue weighted by Gasteiger charge is 2.41. The van der Waals surface area contributed by atoms with E-state index >= 15 is 0 Å². The van der Waals surface area contributed by atoms with Crippen molar-refractivity contribution in [2.75, 3.05) is 13.1 Å². The molecule has 5 heteroatoms. The van der Waals surface area contributed by atoms with Crippen LogP contribution >= 0.6 is 0 Å². The number of aliphatic hydroxyl groups is 1. The molecule has 0 spiro atoms. The van der Waals surface area contributed by atoms with Gasteiger partial charge in [-0.15, -0.1) is 0 Å². The summed E-state index contributed by atoms with van der Waals surface area (Å²) in [7, 11) is 0. The maximum absolute atomic E-state index is 11.0. The van der Waals surface area contributed by atoms with E-state index in [9.17, 15) is 15.2 Å². The van der Waals surface area contributed by atoms with Crippen molar-refractivity contribution in [3.05, 3.63) is 39.4 Å². The second-order valence-electron chi connectivity index (χ2n) is 6.08. The number of fused-ring (bicyclic) bond motifs is 1. The number of likely N-dealkylation sites (tertiary alicyclic amines) is 1. The van der Waals surface area contributed by atoms with Crippen LogP contribution in [0.1, 0.15) is 24.0 Å². The Kier molecular flexibility index (Phi) is 3.48. The monoisotopic (exact) mass is 276 g/mol. The van der Waals surface area contributed by atoms with E-state index in [1.807, 2.05) is 13.0 Å². The average molecular weight is 276 g/mol. The molecule has 0 radical (unpaired) electrons. The molecule has 3 atom stereocenters. The molecular weight excluding hydrogens is 256 g/mol. The number of hydrogen-bond acceptors (Lipinski definition) is 4. The summed E-state index contributed by atoms with van der Waals surface area (Å²) in [5.74, 6) is 0.998. The molecule has 0 amide bonds. The molecule has 0 bridgehead atoms. The minimum atomic E-state index is -0.318. The molecule has 1 heterocycles. The van der Waals surface area contributed by atoms with Crippen LogP contribution in [0.4, 0.5) is 5.69 Å². The second kappa shape index (κ2) is 5.14. The van der Waals surface area contributed by atoms with E-state index in [1.54, 1.807) is 12.1 Å². The Morgan fingerprint density at radius 3 is 2.90 bits per heavy atom. The maximum atomic E-state index is 11.0. The third-order valence-electron chi connectivity index (χ3n) is 4.90. The summed E-state index contributed by atoms with van der Waals surface area (Å²) in [6.45, 7) is 4.48. The van der Waals surface area contributed by atoms with Crippen molar-refractivity contribution in [3.8, 4) is 0 Å². The van der Waals surface area contributed by atoms with Crippen molar-refractivity contribution in [1.82, 2.24) is 4.90 Å².